The van der Waals surface area contributed by atoms with Gasteiger partial charge in [-0.2, -0.15) is 0 Å². The molecule has 3 atom stereocenters. The van der Waals surface area contributed by atoms with Crippen molar-refractivity contribution in [3.63, 3.8) is 0 Å². The number of hydrogen-bond donors (Lipinski definition) is 0. The first-order valence-electron chi connectivity index (χ1n) is 20.1. The highest BCUT2D eigenvalue weighted by atomic mass is 15.1. The van der Waals surface area contributed by atoms with E-state index < -0.39 is 0 Å². The number of anilines is 3. The molecule has 7 aromatic carbocycles. The molecule has 0 heterocycles. The van der Waals surface area contributed by atoms with Crippen LogP contribution in [0.5, 0.6) is 0 Å². The molecule has 0 aromatic heterocycles. The molecule has 1 nitrogen and oxygen atoms in total. The molecule has 2 saturated carbocycles. The van der Waals surface area contributed by atoms with Crippen LogP contribution in [0.25, 0.3) is 44.5 Å². The van der Waals surface area contributed by atoms with E-state index in [9.17, 15) is 0 Å². The first-order chi connectivity index (χ1) is 26.5. The molecule has 5 aliphatic rings. The molecule has 54 heavy (non-hydrogen) atoms. The molecule has 7 aromatic rings. The first kappa shape index (κ1) is 30.8. The largest absolute Gasteiger partial charge is 0.310 e. The number of para-hydroxylation sites is 1. The summed E-state index contributed by atoms with van der Waals surface area (Å²) in [6.45, 7) is 4.84. The molecule has 0 N–H and O–H groups in total. The van der Waals surface area contributed by atoms with Crippen LogP contribution in [0.3, 0.4) is 0 Å². The highest BCUT2D eigenvalue weighted by Crippen LogP contribution is 2.66. The number of nitrogens with zero attached hydrogens (tertiary/aromatic N) is 1. The number of fused-ring (bicyclic) bond motifs is 14. The third-order valence-electron chi connectivity index (χ3n) is 14.4. The monoisotopic (exact) mass is 693 g/mol. The van der Waals surface area contributed by atoms with E-state index in [-0.39, 0.29) is 10.8 Å². The van der Waals surface area contributed by atoms with Gasteiger partial charge in [0.25, 0.3) is 0 Å². The molecule has 1 heteroatoms. The molecule has 12 rings (SSSR count). The molecular formula is C53H43N. The summed E-state index contributed by atoms with van der Waals surface area (Å²) in [4.78, 5) is 2.51. The van der Waals surface area contributed by atoms with Gasteiger partial charge in [0, 0.05) is 27.9 Å². The fourth-order valence-electron chi connectivity index (χ4n) is 11.9. The Morgan fingerprint density at radius 3 is 1.85 bits per heavy atom. The van der Waals surface area contributed by atoms with E-state index in [1.165, 1.54) is 110 Å². The number of hydrogen-bond acceptors (Lipinski definition) is 1. The van der Waals surface area contributed by atoms with E-state index in [4.69, 9.17) is 0 Å². The van der Waals surface area contributed by atoms with Gasteiger partial charge in [-0.3, -0.25) is 0 Å². The van der Waals surface area contributed by atoms with Gasteiger partial charge in [0.05, 0.1) is 0 Å². The lowest BCUT2D eigenvalue weighted by Gasteiger charge is -2.37. The Bertz CT molecular complexity index is 2700. The summed E-state index contributed by atoms with van der Waals surface area (Å²) in [5, 5.41) is 0. The summed E-state index contributed by atoms with van der Waals surface area (Å²) in [6, 6.07) is 58.1. The van der Waals surface area contributed by atoms with E-state index in [1.54, 1.807) is 11.1 Å². The van der Waals surface area contributed by atoms with Crippen molar-refractivity contribution in [1.82, 2.24) is 0 Å². The van der Waals surface area contributed by atoms with Crippen molar-refractivity contribution in [3.8, 4) is 44.5 Å². The second-order valence-electron chi connectivity index (χ2n) is 17.3. The normalized spacial score (nSPS) is 21.4. The van der Waals surface area contributed by atoms with Gasteiger partial charge >= 0.3 is 0 Å². The third kappa shape index (κ3) is 4.10. The van der Waals surface area contributed by atoms with E-state index in [0.29, 0.717) is 0 Å². The average molecular weight is 694 g/mol. The Kier molecular flexibility index (Phi) is 6.24. The van der Waals surface area contributed by atoms with E-state index in [1.807, 2.05) is 0 Å². The van der Waals surface area contributed by atoms with Crippen molar-refractivity contribution in [3.05, 3.63) is 185 Å². The van der Waals surface area contributed by atoms with Gasteiger partial charge in [0.15, 0.2) is 0 Å². The maximum absolute atomic E-state index is 2.58. The minimum absolute atomic E-state index is 0.144. The van der Waals surface area contributed by atoms with Gasteiger partial charge in [-0.1, -0.05) is 123 Å². The molecule has 1 spiro atoms. The van der Waals surface area contributed by atoms with E-state index in [2.05, 4.69) is 170 Å². The predicted octanol–water partition coefficient (Wildman–Crippen LogP) is 13.8. The summed E-state index contributed by atoms with van der Waals surface area (Å²) in [7, 11) is 0. The minimum Gasteiger partial charge on any atom is -0.310 e. The molecule has 0 saturated heterocycles. The summed E-state index contributed by atoms with van der Waals surface area (Å²) in [6.07, 6.45) is 6.46. The lowest BCUT2D eigenvalue weighted by Crippen LogP contribution is -2.32. The maximum Gasteiger partial charge on any atom is 0.0465 e. The lowest BCUT2D eigenvalue weighted by molar-refractivity contribution is 0.327. The van der Waals surface area contributed by atoms with Gasteiger partial charge in [-0.15, -0.1) is 0 Å². The quantitative estimate of drug-likeness (QED) is 0.177. The van der Waals surface area contributed by atoms with Crippen LogP contribution < -0.4 is 4.90 Å². The van der Waals surface area contributed by atoms with E-state index >= 15 is 0 Å². The smallest absolute Gasteiger partial charge is 0.0465 e. The number of rotatable bonds is 4. The Morgan fingerprint density at radius 2 is 1.07 bits per heavy atom. The first-order valence-corrected chi connectivity index (χ1v) is 20.1. The van der Waals surface area contributed by atoms with Crippen LogP contribution in [0, 0.1) is 11.8 Å². The second kappa shape index (κ2) is 11.0. The molecule has 0 radical (unpaired) electrons. The highest BCUT2D eigenvalue weighted by Gasteiger charge is 2.56. The molecule has 0 aliphatic heterocycles. The SMILES string of the molecule is CC1(C)c2cc(-c3ccc4c(c3)-c3ccccc3C4)ccc2-c2ccc(N(c3ccccc3)c3ccc4c(c3)C3(CC5CCC3C5)c3ccccc3-4)cc21. The average Bonchev–Trinajstić information content (AvgIpc) is 4.02. The van der Waals surface area contributed by atoms with Crippen molar-refractivity contribution < 1.29 is 0 Å². The van der Waals surface area contributed by atoms with Crippen LogP contribution in [0.2, 0.25) is 0 Å². The summed E-state index contributed by atoms with van der Waals surface area (Å²) >= 11 is 0. The van der Waals surface area contributed by atoms with Crippen LogP contribution in [0.4, 0.5) is 17.1 Å². The summed E-state index contributed by atoms with van der Waals surface area (Å²) in [5.74, 6) is 1.59. The van der Waals surface area contributed by atoms with Crippen molar-refractivity contribution in [2.24, 2.45) is 11.8 Å². The highest BCUT2D eigenvalue weighted by molar-refractivity contribution is 5.90. The molecule has 3 unspecified atom stereocenters. The van der Waals surface area contributed by atoms with Crippen LogP contribution in [0.15, 0.2) is 152 Å². The standard InChI is InChI=1S/C53H43N/c1-52(2)49-29-35(34-17-18-37-27-36-10-6-7-13-42(36)47(37)28-34)19-23-44(49)45-24-21-40(30-50(45)52)54(39-11-4-3-5-12-39)41-22-25-46-43-14-8-9-15-48(43)53(51(46)31-41)32-33-16-20-38(53)26-33/h3-15,17-19,21-25,28-31,33,38H,16,20,26-27,32H2,1-2H3. The molecular weight excluding hydrogens is 651 g/mol. The zero-order valence-electron chi connectivity index (χ0n) is 31.1. The van der Waals surface area contributed by atoms with Crippen molar-refractivity contribution >= 4 is 17.1 Å². The Balaban J connectivity index is 0.960. The van der Waals surface area contributed by atoms with Gasteiger partial charge < -0.3 is 4.90 Å². The maximum atomic E-state index is 2.58. The van der Waals surface area contributed by atoms with Gasteiger partial charge in [-0.05, 0) is 164 Å². The van der Waals surface area contributed by atoms with Crippen LogP contribution in [-0.4, -0.2) is 0 Å². The molecule has 5 aliphatic carbocycles. The Labute approximate surface area is 319 Å². The minimum atomic E-state index is -0.144. The second-order valence-corrected chi connectivity index (χ2v) is 17.3. The van der Waals surface area contributed by atoms with Crippen LogP contribution in [-0.2, 0) is 17.3 Å². The zero-order chi connectivity index (χ0) is 35.8. The predicted molar refractivity (Wildman–Crippen MR) is 224 cm³/mol. The van der Waals surface area contributed by atoms with Gasteiger partial charge in [0.2, 0.25) is 0 Å². The van der Waals surface area contributed by atoms with E-state index in [0.717, 1.165) is 18.3 Å². The Morgan fingerprint density at radius 1 is 0.463 bits per heavy atom. The molecule has 2 fully saturated rings. The summed E-state index contributed by atoms with van der Waals surface area (Å²) < 4.78 is 0. The molecule has 260 valence electrons. The zero-order valence-corrected chi connectivity index (χ0v) is 31.1. The molecule has 0 amide bonds. The van der Waals surface area contributed by atoms with Gasteiger partial charge in [0.1, 0.15) is 0 Å². The van der Waals surface area contributed by atoms with Crippen LogP contribution >= 0.6 is 0 Å². The topological polar surface area (TPSA) is 3.24 Å². The van der Waals surface area contributed by atoms with Crippen molar-refractivity contribution in [1.29, 1.82) is 0 Å². The summed E-state index contributed by atoms with van der Waals surface area (Å²) in [5.41, 5.74) is 23.5. The Hall–Kier alpha value is -5.66. The van der Waals surface area contributed by atoms with Crippen LogP contribution in [0.1, 0.15) is 72.9 Å². The third-order valence-corrected chi connectivity index (χ3v) is 14.4. The fraction of sp³-hybridized carbons (Fsp3) is 0.208. The van der Waals surface area contributed by atoms with Crippen molar-refractivity contribution in [2.75, 3.05) is 4.90 Å². The fourth-order valence-corrected chi connectivity index (χ4v) is 11.9. The molecule has 2 bridgehead atoms. The lowest BCUT2D eigenvalue weighted by atomic mass is 9.67. The van der Waals surface area contributed by atoms with Gasteiger partial charge in [-0.25, -0.2) is 0 Å². The number of benzene rings is 7. The van der Waals surface area contributed by atoms with Crippen molar-refractivity contribution in [2.45, 2.75) is 56.8 Å².